The van der Waals surface area contributed by atoms with Gasteiger partial charge in [0.2, 0.25) is 0 Å². The highest BCUT2D eigenvalue weighted by atomic mass is 16.5. The summed E-state index contributed by atoms with van der Waals surface area (Å²) in [5, 5.41) is 1.05. The highest BCUT2D eigenvalue weighted by Crippen LogP contribution is 2.19. The minimum Gasteiger partial charge on any atom is -0.378 e. The fraction of sp³-hybridized carbons (Fsp3) is 0.438. The van der Waals surface area contributed by atoms with E-state index in [-0.39, 0.29) is 18.0 Å². The molecule has 0 spiro atoms. The fourth-order valence-electron chi connectivity index (χ4n) is 2.97. The van der Waals surface area contributed by atoms with Crippen LogP contribution in [0, 0.1) is 0 Å². The van der Waals surface area contributed by atoms with Crippen molar-refractivity contribution in [2.45, 2.75) is 25.4 Å². The summed E-state index contributed by atoms with van der Waals surface area (Å²) in [5.41, 5.74) is 7.55. The van der Waals surface area contributed by atoms with E-state index in [1.165, 1.54) is 0 Å². The number of nitrogens with two attached hydrogens (primary N) is 1. The zero-order valence-electron chi connectivity index (χ0n) is 12.2. The van der Waals surface area contributed by atoms with E-state index in [9.17, 15) is 4.79 Å². The Bertz CT molecular complexity index is 604. The Morgan fingerprint density at radius 1 is 1.43 bits per heavy atom. The van der Waals surface area contributed by atoms with Crippen LogP contribution in [0.5, 0.6) is 0 Å². The zero-order valence-corrected chi connectivity index (χ0v) is 12.2. The minimum absolute atomic E-state index is 0.00770. The Morgan fingerprint density at radius 2 is 2.24 bits per heavy atom. The van der Waals surface area contributed by atoms with Gasteiger partial charge in [-0.1, -0.05) is 18.2 Å². The molecule has 5 heteroatoms. The monoisotopic (exact) mass is 287 g/mol. The number of carbonyl (C=O) groups excluding carboxylic acids is 1. The number of fused-ring (bicyclic) bond motifs is 1. The van der Waals surface area contributed by atoms with Gasteiger partial charge in [-0.15, -0.1) is 0 Å². The van der Waals surface area contributed by atoms with E-state index in [1.807, 2.05) is 42.2 Å². The first-order chi connectivity index (χ1) is 10.2. The number of benzene rings is 1. The van der Waals surface area contributed by atoms with Crippen LogP contribution in [0.1, 0.15) is 23.8 Å². The number of para-hydroxylation sites is 1. The van der Waals surface area contributed by atoms with E-state index in [4.69, 9.17) is 10.5 Å². The molecular weight excluding hydrogens is 266 g/mol. The van der Waals surface area contributed by atoms with Crippen molar-refractivity contribution < 1.29 is 9.53 Å². The van der Waals surface area contributed by atoms with E-state index >= 15 is 0 Å². The van der Waals surface area contributed by atoms with Crippen LogP contribution >= 0.6 is 0 Å². The van der Waals surface area contributed by atoms with Crippen LogP contribution < -0.4 is 5.73 Å². The molecule has 3 N–H and O–H groups in total. The summed E-state index contributed by atoms with van der Waals surface area (Å²) in [6, 6.07) is 9.87. The summed E-state index contributed by atoms with van der Waals surface area (Å²) < 4.78 is 5.49. The third-order valence-corrected chi connectivity index (χ3v) is 4.02. The van der Waals surface area contributed by atoms with E-state index in [2.05, 4.69) is 4.98 Å². The van der Waals surface area contributed by atoms with Gasteiger partial charge in [-0.05, 0) is 25.5 Å². The Labute approximate surface area is 124 Å². The molecule has 0 bridgehead atoms. The van der Waals surface area contributed by atoms with Crippen molar-refractivity contribution in [2.75, 3.05) is 19.8 Å². The number of ether oxygens (including phenoxy) is 1. The van der Waals surface area contributed by atoms with Gasteiger partial charge in [0.05, 0.1) is 19.3 Å². The lowest BCUT2D eigenvalue weighted by atomic mass is 10.0. The maximum Gasteiger partial charge on any atom is 0.270 e. The maximum absolute atomic E-state index is 12.7. The van der Waals surface area contributed by atoms with Crippen LogP contribution in [0.25, 0.3) is 10.9 Å². The lowest BCUT2D eigenvalue weighted by Crippen LogP contribution is -2.50. The van der Waals surface area contributed by atoms with Gasteiger partial charge in [0.25, 0.3) is 5.91 Å². The van der Waals surface area contributed by atoms with Crippen LogP contribution in [0.2, 0.25) is 0 Å². The molecule has 1 amide bonds. The number of aromatic nitrogens is 1. The summed E-state index contributed by atoms with van der Waals surface area (Å²) in [5.74, 6) is 0.0106. The number of hydrogen-bond acceptors (Lipinski definition) is 3. The first kappa shape index (κ1) is 14.1. The van der Waals surface area contributed by atoms with Crippen LogP contribution in [-0.2, 0) is 4.74 Å². The number of likely N-dealkylation sites (N-methyl/N-ethyl adjacent to an activating group) is 1. The molecule has 5 nitrogen and oxygen atoms in total. The van der Waals surface area contributed by atoms with Crippen LogP contribution in [0.3, 0.4) is 0 Å². The molecule has 1 fully saturated rings. The molecule has 1 aliphatic heterocycles. The van der Waals surface area contributed by atoms with Crippen molar-refractivity contribution in [2.24, 2.45) is 5.73 Å². The van der Waals surface area contributed by atoms with Gasteiger partial charge in [0, 0.05) is 23.5 Å². The molecule has 1 unspecified atom stereocenters. The SMILES string of the molecule is CCN(C(=O)c1cc2ccccc2[nH]1)C1COC[C@@H](N)C1. The van der Waals surface area contributed by atoms with Crippen LogP contribution in [-0.4, -0.2) is 47.6 Å². The largest absolute Gasteiger partial charge is 0.378 e. The molecule has 0 radical (unpaired) electrons. The first-order valence-corrected chi connectivity index (χ1v) is 7.41. The van der Waals surface area contributed by atoms with Crippen molar-refractivity contribution in [3.05, 3.63) is 36.0 Å². The number of carbonyl (C=O) groups is 1. The number of aromatic amines is 1. The van der Waals surface area contributed by atoms with Crippen molar-refractivity contribution in [1.82, 2.24) is 9.88 Å². The Kier molecular flexibility index (Phi) is 3.94. The predicted molar refractivity (Wildman–Crippen MR) is 82.2 cm³/mol. The third kappa shape index (κ3) is 2.80. The fourth-order valence-corrected chi connectivity index (χ4v) is 2.97. The van der Waals surface area contributed by atoms with Crippen molar-refractivity contribution in [3.63, 3.8) is 0 Å². The summed E-state index contributed by atoms with van der Waals surface area (Å²) in [7, 11) is 0. The number of amides is 1. The Balaban J connectivity index is 1.84. The second-order valence-electron chi connectivity index (χ2n) is 5.55. The van der Waals surface area contributed by atoms with Gasteiger partial charge in [-0.3, -0.25) is 4.79 Å². The molecule has 2 aromatic rings. The number of nitrogens with one attached hydrogen (secondary N) is 1. The van der Waals surface area contributed by atoms with Crippen LogP contribution in [0.4, 0.5) is 0 Å². The minimum atomic E-state index is 0.00770. The number of nitrogens with zero attached hydrogens (tertiary/aromatic N) is 1. The molecule has 21 heavy (non-hydrogen) atoms. The molecule has 1 aliphatic rings. The van der Waals surface area contributed by atoms with E-state index < -0.39 is 0 Å². The number of rotatable bonds is 3. The highest BCUT2D eigenvalue weighted by Gasteiger charge is 2.29. The normalized spacial score (nSPS) is 22.4. The molecule has 0 saturated carbocycles. The summed E-state index contributed by atoms with van der Waals surface area (Å²) >= 11 is 0. The molecule has 3 rings (SSSR count). The predicted octanol–water partition coefficient (Wildman–Crippen LogP) is 1.75. The van der Waals surface area contributed by atoms with Gasteiger partial charge in [-0.25, -0.2) is 0 Å². The molecule has 2 heterocycles. The van der Waals surface area contributed by atoms with E-state index in [1.54, 1.807) is 0 Å². The number of hydrogen-bond donors (Lipinski definition) is 2. The average Bonchev–Trinajstić information content (AvgIpc) is 2.92. The standard InChI is InChI=1S/C16H21N3O2/c1-2-19(13-8-12(17)9-21-10-13)16(20)15-7-11-5-3-4-6-14(11)18-15/h3-7,12-13,18H,2,8-10,17H2,1H3/t12-,13?/m0/s1. The first-order valence-electron chi connectivity index (χ1n) is 7.41. The quantitative estimate of drug-likeness (QED) is 0.903. The molecule has 1 aromatic carbocycles. The van der Waals surface area contributed by atoms with Gasteiger partial charge in [0.15, 0.2) is 0 Å². The highest BCUT2D eigenvalue weighted by molar-refractivity contribution is 5.98. The van der Waals surface area contributed by atoms with Gasteiger partial charge < -0.3 is 20.4 Å². The molecule has 0 aliphatic carbocycles. The molecule has 1 saturated heterocycles. The summed E-state index contributed by atoms with van der Waals surface area (Å²) in [6.07, 6.45) is 0.791. The molecule has 112 valence electrons. The van der Waals surface area contributed by atoms with E-state index in [0.29, 0.717) is 25.5 Å². The average molecular weight is 287 g/mol. The summed E-state index contributed by atoms with van der Waals surface area (Å²) in [4.78, 5) is 17.8. The number of H-pyrrole nitrogens is 1. The second kappa shape index (κ2) is 5.87. The lowest BCUT2D eigenvalue weighted by molar-refractivity contribution is 0.00984. The van der Waals surface area contributed by atoms with Crippen LogP contribution in [0.15, 0.2) is 30.3 Å². The van der Waals surface area contributed by atoms with Crippen molar-refractivity contribution in [1.29, 1.82) is 0 Å². The maximum atomic E-state index is 12.7. The van der Waals surface area contributed by atoms with Gasteiger partial charge in [-0.2, -0.15) is 0 Å². The van der Waals surface area contributed by atoms with Crippen molar-refractivity contribution in [3.8, 4) is 0 Å². The second-order valence-corrected chi connectivity index (χ2v) is 5.55. The summed E-state index contributed by atoms with van der Waals surface area (Å²) in [6.45, 7) is 3.78. The zero-order chi connectivity index (χ0) is 14.8. The molecule has 1 aromatic heterocycles. The smallest absolute Gasteiger partial charge is 0.270 e. The van der Waals surface area contributed by atoms with Crippen molar-refractivity contribution >= 4 is 16.8 Å². The van der Waals surface area contributed by atoms with Gasteiger partial charge in [0.1, 0.15) is 5.69 Å². The molecular formula is C16H21N3O2. The van der Waals surface area contributed by atoms with Gasteiger partial charge >= 0.3 is 0 Å². The Hall–Kier alpha value is -1.85. The Morgan fingerprint density at radius 3 is 2.95 bits per heavy atom. The topological polar surface area (TPSA) is 71.3 Å². The third-order valence-electron chi connectivity index (χ3n) is 4.02. The molecule has 2 atom stereocenters. The van der Waals surface area contributed by atoms with E-state index in [0.717, 1.165) is 17.3 Å². The lowest BCUT2D eigenvalue weighted by Gasteiger charge is -2.35.